The normalized spacial score (nSPS) is 16.6. The highest BCUT2D eigenvalue weighted by Gasteiger charge is 2.19. The van der Waals surface area contributed by atoms with Crippen molar-refractivity contribution in [2.75, 3.05) is 33.3 Å². The summed E-state index contributed by atoms with van der Waals surface area (Å²) in [6, 6.07) is 8.57. The fourth-order valence-electron chi connectivity index (χ4n) is 3.36. The first-order valence-electron chi connectivity index (χ1n) is 9.41. The van der Waals surface area contributed by atoms with Crippen LogP contribution in [0, 0.1) is 5.92 Å². The van der Waals surface area contributed by atoms with Crippen LogP contribution in [0.5, 0.6) is 5.75 Å². The smallest absolute Gasteiger partial charge is 0.123 e. The topological polar surface area (TPSA) is 24.5 Å². The molecule has 0 bridgehead atoms. The van der Waals surface area contributed by atoms with Gasteiger partial charge in [-0.05, 0) is 57.9 Å². The molecule has 130 valence electrons. The first kappa shape index (κ1) is 18.3. The molecule has 2 rings (SSSR count). The summed E-state index contributed by atoms with van der Waals surface area (Å²) in [6.07, 6.45) is 7.64. The number of nitrogens with zero attached hydrogens (tertiary/aromatic N) is 1. The van der Waals surface area contributed by atoms with Gasteiger partial charge in [-0.2, -0.15) is 0 Å². The molecule has 1 aromatic carbocycles. The molecular formula is C20H34N2O. The molecule has 0 spiro atoms. The third kappa shape index (κ3) is 6.52. The van der Waals surface area contributed by atoms with Crippen molar-refractivity contribution in [3.8, 4) is 5.75 Å². The summed E-state index contributed by atoms with van der Waals surface area (Å²) in [6.45, 7) is 7.69. The van der Waals surface area contributed by atoms with Crippen molar-refractivity contribution in [2.45, 2.75) is 52.0 Å². The van der Waals surface area contributed by atoms with E-state index in [1.165, 1.54) is 50.8 Å². The molecule has 0 amide bonds. The van der Waals surface area contributed by atoms with Crippen molar-refractivity contribution in [1.82, 2.24) is 10.2 Å². The van der Waals surface area contributed by atoms with Crippen LogP contribution < -0.4 is 10.1 Å². The third-order valence-corrected chi connectivity index (χ3v) is 4.82. The molecule has 0 radical (unpaired) electrons. The quantitative estimate of drug-likeness (QED) is 0.658. The first-order valence-corrected chi connectivity index (χ1v) is 9.41. The summed E-state index contributed by atoms with van der Waals surface area (Å²) in [4.78, 5) is 2.57. The summed E-state index contributed by atoms with van der Waals surface area (Å²) in [5, 5.41) is 3.31. The van der Waals surface area contributed by atoms with Crippen molar-refractivity contribution in [3.05, 3.63) is 29.8 Å². The maximum Gasteiger partial charge on any atom is 0.123 e. The van der Waals surface area contributed by atoms with Gasteiger partial charge in [-0.15, -0.1) is 0 Å². The van der Waals surface area contributed by atoms with Crippen molar-refractivity contribution >= 4 is 0 Å². The minimum absolute atomic E-state index is 0.848. The van der Waals surface area contributed by atoms with E-state index in [4.69, 9.17) is 4.74 Å². The van der Waals surface area contributed by atoms with Gasteiger partial charge in [0.1, 0.15) is 5.75 Å². The van der Waals surface area contributed by atoms with Crippen molar-refractivity contribution < 1.29 is 4.74 Å². The number of benzene rings is 1. The van der Waals surface area contributed by atoms with Gasteiger partial charge in [0.05, 0.1) is 6.61 Å². The van der Waals surface area contributed by atoms with Gasteiger partial charge in [-0.1, -0.05) is 44.4 Å². The molecule has 0 aliphatic carbocycles. The highest BCUT2D eigenvalue weighted by atomic mass is 16.5. The number of piperidine rings is 1. The molecule has 1 aliphatic heterocycles. The van der Waals surface area contributed by atoms with Gasteiger partial charge >= 0.3 is 0 Å². The van der Waals surface area contributed by atoms with Crippen LogP contribution in [-0.4, -0.2) is 38.2 Å². The summed E-state index contributed by atoms with van der Waals surface area (Å²) in [5.41, 5.74) is 1.34. The lowest BCUT2D eigenvalue weighted by atomic mass is 9.96. The fourth-order valence-corrected chi connectivity index (χ4v) is 3.36. The summed E-state index contributed by atoms with van der Waals surface area (Å²) >= 11 is 0. The van der Waals surface area contributed by atoms with E-state index in [0.29, 0.717) is 0 Å². The van der Waals surface area contributed by atoms with E-state index in [1.807, 2.05) is 0 Å². The molecule has 1 saturated heterocycles. The maximum atomic E-state index is 6.05. The van der Waals surface area contributed by atoms with Gasteiger partial charge in [0.2, 0.25) is 0 Å². The van der Waals surface area contributed by atoms with Crippen LogP contribution in [0.2, 0.25) is 0 Å². The van der Waals surface area contributed by atoms with Gasteiger partial charge in [-0.3, -0.25) is 4.90 Å². The number of para-hydroxylation sites is 1. The van der Waals surface area contributed by atoms with E-state index in [9.17, 15) is 0 Å². The van der Waals surface area contributed by atoms with E-state index >= 15 is 0 Å². The molecule has 0 unspecified atom stereocenters. The van der Waals surface area contributed by atoms with Crippen LogP contribution >= 0.6 is 0 Å². The lowest BCUT2D eigenvalue weighted by Gasteiger charge is -2.32. The number of ether oxygens (including phenoxy) is 1. The fraction of sp³-hybridized carbons (Fsp3) is 0.700. The SMILES string of the molecule is CCCCCCOc1ccccc1CN1CCC(CNC)CC1. The first-order chi connectivity index (χ1) is 11.3. The average Bonchev–Trinajstić information content (AvgIpc) is 2.58. The number of unbranched alkanes of at least 4 members (excludes halogenated alkanes) is 3. The molecule has 1 aliphatic rings. The highest BCUT2D eigenvalue weighted by molar-refractivity contribution is 5.33. The van der Waals surface area contributed by atoms with E-state index in [1.54, 1.807) is 0 Å². The molecule has 1 heterocycles. The lowest BCUT2D eigenvalue weighted by Crippen LogP contribution is -2.36. The highest BCUT2D eigenvalue weighted by Crippen LogP contribution is 2.23. The van der Waals surface area contributed by atoms with E-state index in [-0.39, 0.29) is 0 Å². The Hall–Kier alpha value is -1.06. The maximum absolute atomic E-state index is 6.05. The third-order valence-electron chi connectivity index (χ3n) is 4.82. The minimum Gasteiger partial charge on any atom is -0.493 e. The van der Waals surface area contributed by atoms with Gasteiger partial charge in [-0.25, -0.2) is 0 Å². The van der Waals surface area contributed by atoms with Crippen molar-refractivity contribution in [2.24, 2.45) is 5.92 Å². The summed E-state index contributed by atoms with van der Waals surface area (Å²) < 4.78 is 6.05. The second-order valence-corrected chi connectivity index (χ2v) is 6.79. The largest absolute Gasteiger partial charge is 0.493 e. The Morgan fingerprint density at radius 2 is 1.91 bits per heavy atom. The number of hydrogen-bond donors (Lipinski definition) is 1. The molecule has 23 heavy (non-hydrogen) atoms. The Labute approximate surface area is 142 Å². The Balaban J connectivity index is 1.78. The van der Waals surface area contributed by atoms with Crippen LogP contribution in [0.15, 0.2) is 24.3 Å². The van der Waals surface area contributed by atoms with Gasteiger partial charge < -0.3 is 10.1 Å². The number of rotatable bonds is 10. The minimum atomic E-state index is 0.848. The van der Waals surface area contributed by atoms with E-state index in [2.05, 4.69) is 48.5 Å². The second-order valence-electron chi connectivity index (χ2n) is 6.79. The molecule has 0 saturated carbocycles. The van der Waals surface area contributed by atoms with Gasteiger partial charge in [0.25, 0.3) is 0 Å². The Morgan fingerprint density at radius 1 is 1.13 bits per heavy atom. The molecule has 0 atom stereocenters. The van der Waals surface area contributed by atoms with E-state index in [0.717, 1.165) is 37.8 Å². The number of likely N-dealkylation sites (tertiary alicyclic amines) is 1. The number of hydrogen-bond acceptors (Lipinski definition) is 3. The second kappa shape index (κ2) is 10.7. The van der Waals surface area contributed by atoms with Crippen LogP contribution in [0.3, 0.4) is 0 Å². The van der Waals surface area contributed by atoms with E-state index < -0.39 is 0 Å². The molecule has 0 aromatic heterocycles. The Kier molecular flexibility index (Phi) is 8.48. The zero-order valence-corrected chi connectivity index (χ0v) is 15.0. The van der Waals surface area contributed by atoms with Crippen LogP contribution in [0.4, 0.5) is 0 Å². The molecule has 1 fully saturated rings. The predicted molar refractivity (Wildman–Crippen MR) is 98.0 cm³/mol. The molecule has 1 aromatic rings. The Bertz CT molecular complexity index is 427. The summed E-state index contributed by atoms with van der Waals surface area (Å²) in [7, 11) is 2.06. The van der Waals surface area contributed by atoms with Crippen molar-refractivity contribution in [3.63, 3.8) is 0 Å². The molecule has 3 nitrogen and oxygen atoms in total. The number of nitrogens with one attached hydrogen (secondary N) is 1. The predicted octanol–water partition coefficient (Wildman–Crippen LogP) is 4.08. The zero-order chi connectivity index (χ0) is 16.3. The molecule has 1 N–H and O–H groups in total. The zero-order valence-electron chi connectivity index (χ0n) is 15.0. The summed E-state index contributed by atoms with van der Waals surface area (Å²) in [5.74, 6) is 1.93. The van der Waals surface area contributed by atoms with Crippen LogP contribution in [0.25, 0.3) is 0 Å². The van der Waals surface area contributed by atoms with Crippen molar-refractivity contribution in [1.29, 1.82) is 0 Å². The van der Waals surface area contributed by atoms with Gasteiger partial charge in [0, 0.05) is 12.1 Å². The van der Waals surface area contributed by atoms with Gasteiger partial charge in [0.15, 0.2) is 0 Å². The van der Waals surface area contributed by atoms with Crippen LogP contribution in [0.1, 0.15) is 51.0 Å². The monoisotopic (exact) mass is 318 g/mol. The standard InChI is InChI=1S/C20H34N2O/c1-3-4-5-8-15-23-20-10-7-6-9-19(20)17-22-13-11-18(12-14-22)16-21-2/h6-7,9-10,18,21H,3-5,8,11-17H2,1-2H3. The molecular weight excluding hydrogens is 284 g/mol. The lowest BCUT2D eigenvalue weighted by molar-refractivity contribution is 0.174. The average molecular weight is 319 g/mol. The molecule has 3 heteroatoms. The Morgan fingerprint density at radius 3 is 2.65 bits per heavy atom. The van der Waals surface area contributed by atoms with Crippen LogP contribution in [-0.2, 0) is 6.54 Å².